The minimum Gasteiger partial charge on any atom is -0.478 e. The van der Waals surface area contributed by atoms with Crippen LogP contribution in [0, 0.1) is 0 Å². The van der Waals surface area contributed by atoms with Crippen molar-refractivity contribution in [3.63, 3.8) is 0 Å². The number of rotatable bonds is 4. The van der Waals surface area contributed by atoms with Crippen LogP contribution in [0.5, 0.6) is 0 Å². The highest BCUT2D eigenvalue weighted by molar-refractivity contribution is 6.02. The minimum absolute atomic E-state index is 0.0155. The van der Waals surface area contributed by atoms with Gasteiger partial charge in [-0.1, -0.05) is 12.1 Å². The van der Waals surface area contributed by atoms with Gasteiger partial charge in [-0.3, -0.25) is 9.69 Å². The minimum atomic E-state index is -1.12. The molecule has 1 aromatic rings. The smallest absolute Gasteiger partial charge is 0.337 e. The summed E-state index contributed by atoms with van der Waals surface area (Å²) in [4.78, 5) is 37.5. The molecular weight excluding hydrogens is 274 g/mol. The molecule has 0 spiro atoms. The van der Waals surface area contributed by atoms with Crippen LogP contribution in [-0.4, -0.2) is 55.1 Å². The van der Waals surface area contributed by atoms with E-state index in [4.69, 9.17) is 5.11 Å². The van der Waals surface area contributed by atoms with Gasteiger partial charge in [-0.2, -0.15) is 0 Å². The van der Waals surface area contributed by atoms with E-state index >= 15 is 0 Å². The third-order valence-corrected chi connectivity index (χ3v) is 2.95. The monoisotopic (exact) mass is 293 g/mol. The van der Waals surface area contributed by atoms with Crippen molar-refractivity contribution in [3.8, 4) is 0 Å². The van der Waals surface area contributed by atoms with Crippen molar-refractivity contribution in [1.29, 1.82) is 0 Å². The summed E-state index contributed by atoms with van der Waals surface area (Å²) >= 11 is 0. The van der Waals surface area contributed by atoms with Crippen molar-refractivity contribution >= 4 is 23.6 Å². The van der Waals surface area contributed by atoms with E-state index < -0.39 is 18.0 Å². The number of aromatic carboxylic acids is 1. The number of hydrogen-bond donors (Lipinski definition) is 2. The van der Waals surface area contributed by atoms with Gasteiger partial charge in [-0.15, -0.1) is 0 Å². The Morgan fingerprint density at radius 1 is 1.14 bits per heavy atom. The molecule has 0 aromatic heterocycles. The van der Waals surface area contributed by atoms with Gasteiger partial charge in [-0.05, 0) is 19.1 Å². The number of hydrogen-bond acceptors (Lipinski definition) is 3. The van der Waals surface area contributed by atoms with Crippen LogP contribution in [0.25, 0.3) is 0 Å². The number of carboxylic acid groups (broad SMARTS) is 1. The Hall–Kier alpha value is -2.57. The molecule has 7 heteroatoms. The highest BCUT2D eigenvalue weighted by Crippen LogP contribution is 2.19. The lowest BCUT2D eigenvalue weighted by Crippen LogP contribution is -2.48. The molecule has 114 valence electrons. The highest BCUT2D eigenvalue weighted by atomic mass is 16.4. The maximum Gasteiger partial charge on any atom is 0.337 e. The molecule has 3 amide bonds. The number of amides is 3. The van der Waals surface area contributed by atoms with Crippen LogP contribution >= 0.6 is 0 Å². The number of para-hydroxylation sites is 1. The van der Waals surface area contributed by atoms with Gasteiger partial charge >= 0.3 is 12.0 Å². The van der Waals surface area contributed by atoms with Crippen LogP contribution in [0.4, 0.5) is 10.5 Å². The standard InChI is InChI=1S/C14H19N3O4/c1-9(12(18)16(2)3)15-14(21)17(4)11-8-6-5-7-10(11)13(19)20/h5-9H,1-4H3,(H,15,21)(H,19,20). The summed E-state index contributed by atoms with van der Waals surface area (Å²) in [6.07, 6.45) is 0. The van der Waals surface area contributed by atoms with Gasteiger partial charge in [0.05, 0.1) is 11.3 Å². The Balaban J connectivity index is 2.89. The number of nitrogens with zero attached hydrogens (tertiary/aromatic N) is 2. The van der Waals surface area contributed by atoms with E-state index in [9.17, 15) is 14.4 Å². The first-order chi connectivity index (χ1) is 9.75. The van der Waals surface area contributed by atoms with Crippen molar-refractivity contribution in [3.05, 3.63) is 29.8 Å². The van der Waals surface area contributed by atoms with Crippen molar-refractivity contribution in [2.75, 3.05) is 26.0 Å². The zero-order valence-electron chi connectivity index (χ0n) is 12.5. The molecule has 0 heterocycles. The lowest BCUT2D eigenvalue weighted by Gasteiger charge is -2.23. The normalized spacial score (nSPS) is 11.4. The SMILES string of the molecule is CC(NC(=O)N(C)c1ccccc1C(=O)O)C(=O)N(C)C. The summed E-state index contributed by atoms with van der Waals surface area (Å²) in [5.41, 5.74) is 0.272. The molecule has 21 heavy (non-hydrogen) atoms. The molecule has 7 nitrogen and oxygen atoms in total. The fourth-order valence-corrected chi connectivity index (χ4v) is 1.79. The summed E-state index contributed by atoms with van der Waals surface area (Å²) in [6, 6.07) is 4.91. The molecule has 1 atom stereocenters. The average molecular weight is 293 g/mol. The summed E-state index contributed by atoms with van der Waals surface area (Å²) < 4.78 is 0. The number of anilines is 1. The van der Waals surface area contributed by atoms with E-state index in [0.717, 1.165) is 0 Å². The summed E-state index contributed by atoms with van der Waals surface area (Å²) in [5.74, 6) is -1.37. The zero-order chi connectivity index (χ0) is 16.2. The third kappa shape index (κ3) is 3.95. The predicted molar refractivity (Wildman–Crippen MR) is 78.5 cm³/mol. The molecule has 0 aliphatic carbocycles. The number of carbonyl (C=O) groups excluding carboxylic acids is 2. The van der Waals surface area contributed by atoms with E-state index in [1.165, 1.54) is 29.0 Å². The molecule has 0 radical (unpaired) electrons. The first-order valence-electron chi connectivity index (χ1n) is 6.33. The molecule has 0 saturated heterocycles. The maximum absolute atomic E-state index is 12.1. The summed E-state index contributed by atoms with van der Waals surface area (Å²) in [5, 5.41) is 11.6. The van der Waals surface area contributed by atoms with Gasteiger partial charge in [0.2, 0.25) is 5.91 Å². The Labute approximate surface area is 123 Å². The van der Waals surface area contributed by atoms with Gasteiger partial charge in [0.1, 0.15) is 6.04 Å². The van der Waals surface area contributed by atoms with Crippen LogP contribution in [0.2, 0.25) is 0 Å². The molecule has 0 bridgehead atoms. The molecule has 0 fully saturated rings. The quantitative estimate of drug-likeness (QED) is 0.867. The first-order valence-corrected chi connectivity index (χ1v) is 6.33. The molecule has 0 saturated carbocycles. The van der Waals surface area contributed by atoms with Gasteiger partial charge in [0.25, 0.3) is 0 Å². The van der Waals surface area contributed by atoms with Crippen molar-refractivity contribution < 1.29 is 19.5 Å². The number of carboxylic acids is 1. The van der Waals surface area contributed by atoms with E-state index in [1.54, 1.807) is 33.2 Å². The van der Waals surface area contributed by atoms with E-state index in [0.29, 0.717) is 0 Å². The maximum atomic E-state index is 12.1. The van der Waals surface area contributed by atoms with E-state index in [1.807, 2.05) is 0 Å². The zero-order valence-corrected chi connectivity index (χ0v) is 12.5. The Kier molecular flexibility index (Phi) is 5.29. The van der Waals surface area contributed by atoms with Crippen LogP contribution < -0.4 is 10.2 Å². The molecule has 1 unspecified atom stereocenters. The number of benzene rings is 1. The van der Waals surface area contributed by atoms with Crippen molar-refractivity contribution in [2.24, 2.45) is 0 Å². The Morgan fingerprint density at radius 3 is 2.24 bits per heavy atom. The van der Waals surface area contributed by atoms with Gasteiger partial charge in [0.15, 0.2) is 0 Å². The Morgan fingerprint density at radius 2 is 1.71 bits per heavy atom. The topological polar surface area (TPSA) is 90.0 Å². The molecule has 0 aliphatic heterocycles. The molecule has 0 aliphatic rings. The lowest BCUT2D eigenvalue weighted by molar-refractivity contribution is -0.130. The predicted octanol–water partition coefficient (Wildman–Crippen LogP) is 1.01. The van der Waals surface area contributed by atoms with Gasteiger partial charge in [0, 0.05) is 21.1 Å². The van der Waals surface area contributed by atoms with Gasteiger partial charge in [-0.25, -0.2) is 9.59 Å². The average Bonchev–Trinajstić information content (AvgIpc) is 2.45. The van der Waals surface area contributed by atoms with Crippen molar-refractivity contribution in [1.82, 2.24) is 10.2 Å². The third-order valence-electron chi connectivity index (χ3n) is 2.95. The molecule has 1 rings (SSSR count). The first kappa shape index (κ1) is 16.5. The fraction of sp³-hybridized carbons (Fsp3) is 0.357. The molecule has 2 N–H and O–H groups in total. The number of nitrogens with one attached hydrogen (secondary N) is 1. The molecular formula is C14H19N3O4. The summed E-state index contributed by atoms with van der Waals surface area (Å²) in [6.45, 7) is 1.57. The largest absolute Gasteiger partial charge is 0.478 e. The number of carbonyl (C=O) groups is 3. The lowest BCUT2D eigenvalue weighted by atomic mass is 10.1. The van der Waals surface area contributed by atoms with E-state index in [2.05, 4.69) is 5.32 Å². The second-order valence-electron chi connectivity index (χ2n) is 4.79. The Bertz CT molecular complexity index is 557. The van der Waals surface area contributed by atoms with Gasteiger partial charge < -0.3 is 15.3 Å². The number of urea groups is 1. The summed E-state index contributed by atoms with van der Waals surface area (Å²) in [7, 11) is 4.63. The van der Waals surface area contributed by atoms with Crippen LogP contribution in [-0.2, 0) is 4.79 Å². The van der Waals surface area contributed by atoms with Crippen LogP contribution in [0.15, 0.2) is 24.3 Å². The highest BCUT2D eigenvalue weighted by Gasteiger charge is 2.22. The van der Waals surface area contributed by atoms with Crippen LogP contribution in [0.1, 0.15) is 17.3 Å². The van der Waals surface area contributed by atoms with Crippen molar-refractivity contribution in [2.45, 2.75) is 13.0 Å². The van der Waals surface area contributed by atoms with Crippen LogP contribution in [0.3, 0.4) is 0 Å². The fourth-order valence-electron chi connectivity index (χ4n) is 1.79. The molecule has 1 aromatic carbocycles. The van der Waals surface area contributed by atoms with E-state index in [-0.39, 0.29) is 17.2 Å². The second kappa shape index (κ2) is 6.74. The number of likely N-dealkylation sites (N-methyl/N-ethyl adjacent to an activating group) is 1. The second-order valence-corrected chi connectivity index (χ2v) is 4.79.